The SMILES string of the molecule is O=C1CCC(CN2CCC(O)CC2)C2CCCCN12. The van der Waals surface area contributed by atoms with Gasteiger partial charge in [0, 0.05) is 38.6 Å². The lowest BCUT2D eigenvalue weighted by Crippen LogP contribution is -2.54. The van der Waals surface area contributed by atoms with Gasteiger partial charge in [0.15, 0.2) is 0 Å². The molecule has 2 unspecified atom stereocenters. The highest BCUT2D eigenvalue weighted by atomic mass is 16.3. The minimum Gasteiger partial charge on any atom is -0.393 e. The number of rotatable bonds is 2. The molecule has 19 heavy (non-hydrogen) atoms. The number of hydrogen-bond donors (Lipinski definition) is 1. The molecule has 0 bridgehead atoms. The van der Waals surface area contributed by atoms with E-state index in [2.05, 4.69) is 9.80 Å². The Bertz CT molecular complexity index is 326. The number of likely N-dealkylation sites (tertiary alicyclic amines) is 1. The normalized spacial score (nSPS) is 34.4. The van der Waals surface area contributed by atoms with Gasteiger partial charge in [-0.05, 0) is 44.4 Å². The molecule has 3 aliphatic rings. The van der Waals surface area contributed by atoms with Gasteiger partial charge in [0.2, 0.25) is 5.91 Å². The molecule has 3 aliphatic heterocycles. The van der Waals surface area contributed by atoms with E-state index in [0.717, 1.165) is 51.9 Å². The van der Waals surface area contributed by atoms with Crippen molar-refractivity contribution in [1.82, 2.24) is 9.80 Å². The van der Waals surface area contributed by atoms with Gasteiger partial charge in [0.25, 0.3) is 0 Å². The highest BCUT2D eigenvalue weighted by Crippen LogP contribution is 2.32. The minimum absolute atomic E-state index is 0.0876. The maximum Gasteiger partial charge on any atom is 0.222 e. The van der Waals surface area contributed by atoms with E-state index < -0.39 is 0 Å². The molecule has 0 radical (unpaired) electrons. The van der Waals surface area contributed by atoms with Crippen LogP contribution < -0.4 is 0 Å². The first-order chi connectivity index (χ1) is 9.24. The summed E-state index contributed by atoms with van der Waals surface area (Å²) >= 11 is 0. The molecule has 0 aromatic carbocycles. The number of amides is 1. The molecule has 0 saturated carbocycles. The van der Waals surface area contributed by atoms with Crippen LogP contribution in [0.15, 0.2) is 0 Å². The Morgan fingerprint density at radius 1 is 1.05 bits per heavy atom. The predicted octanol–water partition coefficient (Wildman–Crippen LogP) is 1.23. The Kier molecular flexibility index (Phi) is 4.08. The van der Waals surface area contributed by atoms with Crippen LogP contribution in [0.2, 0.25) is 0 Å². The molecule has 2 atom stereocenters. The monoisotopic (exact) mass is 266 g/mol. The maximum atomic E-state index is 12.0. The Hall–Kier alpha value is -0.610. The fourth-order valence-corrected chi connectivity index (χ4v) is 4.05. The summed E-state index contributed by atoms with van der Waals surface area (Å²) in [5.41, 5.74) is 0. The molecule has 3 rings (SSSR count). The van der Waals surface area contributed by atoms with E-state index in [4.69, 9.17) is 0 Å². The molecule has 0 aliphatic carbocycles. The Morgan fingerprint density at radius 2 is 1.84 bits per heavy atom. The Morgan fingerprint density at radius 3 is 2.63 bits per heavy atom. The highest BCUT2D eigenvalue weighted by Gasteiger charge is 2.37. The van der Waals surface area contributed by atoms with E-state index in [-0.39, 0.29) is 6.10 Å². The Balaban J connectivity index is 1.59. The van der Waals surface area contributed by atoms with Crippen LogP contribution in [-0.2, 0) is 4.79 Å². The van der Waals surface area contributed by atoms with Crippen LogP contribution in [0.5, 0.6) is 0 Å². The second-order valence-corrected chi connectivity index (χ2v) is 6.48. The smallest absolute Gasteiger partial charge is 0.222 e. The third-order valence-corrected chi connectivity index (χ3v) is 5.19. The molecule has 4 nitrogen and oxygen atoms in total. The van der Waals surface area contributed by atoms with Crippen LogP contribution in [0.4, 0.5) is 0 Å². The van der Waals surface area contributed by atoms with Crippen LogP contribution in [0.3, 0.4) is 0 Å². The molecule has 3 heterocycles. The summed E-state index contributed by atoms with van der Waals surface area (Å²) < 4.78 is 0. The zero-order chi connectivity index (χ0) is 13.2. The third kappa shape index (κ3) is 2.95. The minimum atomic E-state index is -0.0876. The van der Waals surface area contributed by atoms with Crippen molar-refractivity contribution in [3.8, 4) is 0 Å². The number of hydrogen-bond acceptors (Lipinski definition) is 3. The van der Waals surface area contributed by atoms with Gasteiger partial charge in [0.05, 0.1) is 6.10 Å². The van der Waals surface area contributed by atoms with Gasteiger partial charge in [-0.15, -0.1) is 0 Å². The number of nitrogens with zero attached hydrogens (tertiary/aromatic N) is 2. The van der Waals surface area contributed by atoms with Crippen molar-refractivity contribution in [2.45, 2.75) is 57.1 Å². The number of piperidine rings is 3. The summed E-state index contributed by atoms with van der Waals surface area (Å²) in [6, 6.07) is 0.502. The summed E-state index contributed by atoms with van der Waals surface area (Å²) in [5.74, 6) is 1.04. The number of aliphatic hydroxyl groups excluding tert-OH is 1. The van der Waals surface area contributed by atoms with Gasteiger partial charge in [-0.25, -0.2) is 0 Å². The molecule has 3 fully saturated rings. The summed E-state index contributed by atoms with van der Waals surface area (Å²) in [6.07, 6.45) is 7.23. The Labute approximate surface area is 115 Å². The molecule has 1 N–H and O–H groups in total. The van der Waals surface area contributed by atoms with Gasteiger partial charge in [-0.3, -0.25) is 4.79 Å². The van der Waals surface area contributed by atoms with E-state index in [1.54, 1.807) is 0 Å². The largest absolute Gasteiger partial charge is 0.393 e. The van der Waals surface area contributed by atoms with Crippen molar-refractivity contribution in [3.05, 3.63) is 0 Å². The second kappa shape index (κ2) is 5.80. The van der Waals surface area contributed by atoms with Gasteiger partial charge in [-0.2, -0.15) is 0 Å². The van der Waals surface area contributed by atoms with Crippen LogP contribution in [0.1, 0.15) is 44.9 Å². The standard InChI is InChI=1S/C15H26N2O2/c18-13-6-9-16(10-7-13)11-12-4-5-15(19)17-8-2-1-3-14(12)17/h12-14,18H,1-11H2. The average Bonchev–Trinajstić information content (AvgIpc) is 2.45. The first-order valence-electron chi connectivity index (χ1n) is 7.94. The molecule has 0 aromatic heterocycles. The number of carbonyl (C=O) groups is 1. The van der Waals surface area contributed by atoms with E-state index >= 15 is 0 Å². The molecule has 3 saturated heterocycles. The molecule has 0 spiro atoms. The summed E-state index contributed by atoms with van der Waals surface area (Å²) in [7, 11) is 0. The molecule has 1 amide bonds. The summed E-state index contributed by atoms with van der Waals surface area (Å²) in [6.45, 7) is 4.16. The summed E-state index contributed by atoms with van der Waals surface area (Å²) in [4.78, 5) is 16.7. The van der Waals surface area contributed by atoms with Crippen LogP contribution >= 0.6 is 0 Å². The lowest BCUT2D eigenvalue weighted by atomic mass is 9.82. The van der Waals surface area contributed by atoms with Crippen molar-refractivity contribution in [1.29, 1.82) is 0 Å². The quantitative estimate of drug-likeness (QED) is 0.817. The van der Waals surface area contributed by atoms with Gasteiger partial charge in [0.1, 0.15) is 0 Å². The molecule has 108 valence electrons. The van der Waals surface area contributed by atoms with Crippen molar-refractivity contribution in [2.24, 2.45) is 5.92 Å². The van der Waals surface area contributed by atoms with E-state index in [9.17, 15) is 9.90 Å². The first kappa shape index (κ1) is 13.4. The van der Waals surface area contributed by atoms with Crippen molar-refractivity contribution in [2.75, 3.05) is 26.2 Å². The van der Waals surface area contributed by atoms with Gasteiger partial charge < -0.3 is 14.9 Å². The van der Waals surface area contributed by atoms with Gasteiger partial charge in [-0.1, -0.05) is 0 Å². The average molecular weight is 266 g/mol. The van der Waals surface area contributed by atoms with E-state index in [1.807, 2.05) is 0 Å². The van der Waals surface area contributed by atoms with Crippen LogP contribution in [-0.4, -0.2) is 59.1 Å². The number of aliphatic hydroxyl groups is 1. The van der Waals surface area contributed by atoms with Crippen LogP contribution in [0, 0.1) is 5.92 Å². The molecular weight excluding hydrogens is 240 g/mol. The lowest BCUT2D eigenvalue weighted by molar-refractivity contribution is -0.141. The molecule has 4 heteroatoms. The number of carbonyl (C=O) groups excluding carboxylic acids is 1. The fraction of sp³-hybridized carbons (Fsp3) is 0.933. The maximum absolute atomic E-state index is 12.0. The van der Waals surface area contributed by atoms with Crippen molar-refractivity contribution < 1.29 is 9.90 Å². The fourth-order valence-electron chi connectivity index (χ4n) is 4.05. The zero-order valence-electron chi connectivity index (χ0n) is 11.8. The first-order valence-corrected chi connectivity index (χ1v) is 7.94. The van der Waals surface area contributed by atoms with Gasteiger partial charge >= 0.3 is 0 Å². The predicted molar refractivity (Wildman–Crippen MR) is 73.8 cm³/mol. The molecular formula is C15H26N2O2. The number of fused-ring (bicyclic) bond motifs is 1. The molecule has 0 aromatic rings. The van der Waals surface area contributed by atoms with Crippen molar-refractivity contribution >= 4 is 5.91 Å². The highest BCUT2D eigenvalue weighted by molar-refractivity contribution is 5.77. The second-order valence-electron chi connectivity index (χ2n) is 6.48. The lowest BCUT2D eigenvalue weighted by Gasteiger charge is -2.46. The zero-order valence-corrected chi connectivity index (χ0v) is 11.8. The van der Waals surface area contributed by atoms with E-state index in [1.165, 1.54) is 19.3 Å². The topological polar surface area (TPSA) is 43.8 Å². The third-order valence-electron chi connectivity index (χ3n) is 5.19. The van der Waals surface area contributed by atoms with Crippen LogP contribution in [0.25, 0.3) is 0 Å². The van der Waals surface area contributed by atoms with E-state index in [0.29, 0.717) is 17.9 Å². The summed E-state index contributed by atoms with van der Waals surface area (Å²) in [5, 5.41) is 9.58. The van der Waals surface area contributed by atoms with Crippen molar-refractivity contribution in [3.63, 3.8) is 0 Å².